The summed E-state index contributed by atoms with van der Waals surface area (Å²) in [4.78, 5) is 35.2. The molecule has 0 spiro atoms. The average Bonchev–Trinajstić information content (AvgIpc) is 3.29. The van der Waals surface area contributed by atoms with Crippen molar-refractivity contribution in [2.45, 2.75) is 24.3 Å². The van der Waals surface area contributed by atoms with Crippen LogP contribution in [0.15, 0.2) is 88.9 Å². The van der Waals surface area contributed by atoms with Crippen molar-refractivity contribution in [1.29, 1.82) is 0 Å². The van der Waals surface area contributed by atoms with Gasteiger partial charge in [0.1, 0.15) is 0 Å². The molecule has 0 radical (unpaired) electrons. The van der Waals surface area contributed by atoms with Crippen molar-refractivity contribution in [2.24, 2.45) is 0 Å². The van der Waals surface area contributed by atoms with E-state index in [2.05, 4.69) is 20.3 Å². The number of hydrogen-bond donors (Lipinski definition) is 3. The molecule has 5 rings (SSSR count). The number of pyridine rings is 2. The van der Waals surface area contributed by atoms with E-state index in [-0.39, 0.29) is 22.8 Å². The quantitative estimate of drug-likeness (QED) is 0.259. The molecule has 198 valence electrons. The van der Waals surface area contributed by atoms with E-state index in [4.69, 9.17) is 11.6 Å². The molecule has 5 aromatic rings. The second-order valence-electron chi connectivity index (χ2n) is 9.33. The molecule has 2 aromatic carbocycles. The maximum atomic E-state index is 12.9. The van der Waals surface area contributed by atoms with Crippen LogP contribution < -0.4 is 10.9 Å². The van der Waals surface area contributed by atoms with Gasteiger partial charge in [-0.25, -0.2) is 8.42 Å². The van der Waals surface area contributed by atoms with E-state index in [0.29, 0.717) is 40.4 Å². The van der Waals surface area contributed by atoms with Gasteiger partial charge in [0.2, 0.25) is 0 Å². The molecular weight excluding hydrogens is 536 g/mol. The monoisotopic (exact) mass is 560 g/mol. The Morgan fingerprint density at radius 1 is 0.974 bits per heavy atom. The first kappa shape index (κ1) is 26.4. The SMILES string of the molecule is CS(=O)(=O)c1cc(Cc2cc(C(=O)NCc3ccc4[nH]cc(Cl)c4c3)ccn2)ccc1Cc1ccc[nH]c1=O. The summed E-state index contributed by atoms with van der Waals surface area (Å²) in [7, 11) is -3.56. The number of fused-ring (bicyclic) bond motifs is 1. The van der Waals surface area contributed by atoms with Crippen molar-refractivity contribution in [2.75, 3.05) is 6.26 Å². The number of rotatable bonds is 8. The topological polar surface area (TPSA) is 125 Å². The van der Waals surface area contributed by atoms with E-state index in [1.807, 2.05) is 24.3 Å². The molecule has 3 N–H and O–H groups in total. The van der Waals surface area contributed by atoms with Gasteiger partial charge >= 0.3 is 0 Å². The minimum atomic E-state index is -3.56. The van der Waals surface area contributed by atoms with Crippen molar-refractivity contribution in [3.05, 3.63) is 128 Å². The molecule has 0 bridgehead atoms. The van der Waals surface area contributed by atoms with Crippen molar-refractivity contribution >= 4 is 38.2 Å². The Hall–Kier alpha value is -4.21. The third kappa shape index (κ3) is 6.10. The van der Waals surface area contributed by atoms with Gasteiger partial charge in [0.05, 0.1) is 9.92 Å². The van der Waals surface area contributed by atoms with E-state index in [9.17, 15) is 18.0 Å². The lowest BCUT2D eigenvalue weighted by molar-refractivity contribution is 0.0950. The Kier molecular flexibility index (Phi) is 7.36. The summed E-state index contributed by atoms with van der Waals surface area (Å²) >= 11 is 6.20. The highest BCUT2D eigenvalue weighted by molar-refractivity contribution is 7.90. The van der Waals surface area contributed by atoms with Crippen LogP contribution in [0.25, 0.3) is 10.9 Å². The highest BCUT2D eigenvalue weighted by Gasteiger charge is 2.16. The second kappa shape index (κ2) is 10.9. The van der Waals surface area contributed by atoms with Crippen molar-refractivity contribution in [3.63, 3.8) is 0 Å². The molecule has 0 aliphatic heterocycles. The van der Waals surface area contributed by atoms with E-state index < -0.39 is 9.84 Å². The van der Waals surface area contributed by atoms with Crippen LogP contribution in [0.5, 0.6) is 0 Å². The predicted octanol–water partition coefficient (Wildman–Crippen LogP) is 4.42. The van der Waals surface area contributed by atoms with E-state index in [1.165, 1.54) is 6.20 Å². The minimum Gasteiger partial charge on any atom is -0.360 e. The van der Waals surface area contributed by atoms with Crippen LogP contribution in [-0.4, -0.2) is 35.5 Å². The Bertz CT molecular complexity index is 1860. The number of carbonyl (C=O) groups is 1. The minimum absolute atomic E-state index is 0.164. The smallest absolute Gasteiger partial charge is 0.251 e. The van der Waals surface area contributed by atoms with Gasteiger partial charge in [0.25, 0.3) is 11.5 Å². The number of hydrogen-bond acceptors (Lipinski definition) is 5. The van der Waals surface area contributed by atoms with Gasteiger partial charge < -0.3 is 15.3 Å². The third-order valence-corrected chi connectivity index (χ3v) is 7.92. The van der Waals surface area contributed by atoms with Gasteiger partial charge in [-0.05, 0) is 53.1 Å². The van der Waals surface area contributed by atoms with Gasteiger partial charge in [0, 0.05) is 72.0 Å². The number of aromatic nitrogens is 3. The zero-order valence-corrected chi connectivity index (χ0v) is 22.6. The summed E-state index contributed by atoms with van der Waals surface area (Å²) in [5, 5.41) is 4.44. The van der Waals surface area contributed by atoms with Crippen LogP contribution in [0.1, 0.15) is 38.3 Å². The number of benzene rings is 2. The predicted molar refractivity (Wildman–Crippen MR) is 151 cm³/mol. The summed E-state index contributed by atoms with van der Waals surface area (Å²) in [5.41, 5.74) is 4.40. The summed E-state index contributed by atoms with van der Waals surface area (Å²) in [5.74, 6) is -0.251. The van der Waals surface area contributed by atoms with Crippen molar-refractivity contribution < 1.29 is 13.2 Å². The maximum Gasteiger partial charge on any atom is 0.251 e. The van der Waals surface area contributed by atoms with E-state index in [0.717, 1.165) is 28.3 Å². The number of amides is 1. The first-order chi connectivity index (χ1) is 18.7. The highest BCUT2D eigenvalue weighted by Crippen LogP contribution is 2.24. The molecule has 39 heavy (non-hydrogen) atoms. The Morgan fingerprint density at radius 3 is 2.59 bits per heavy atom. The molecule has 3 heterocycles. The third-order valence-electron chi connectivity index (χ3n) is 6.42. The maximum absolute atomic E-state index is 12.9. The lowest BCUT2D eigenvalue weighted by Gasteiger charge is -2.11. The summed E-state index contributed by atoms with van der Waals surface area (Å²) in [6, 6.07) is 17.6. The van der Waals surface area contributed by atoms with Gasteiger partial charge in [-0.3, -0.25) is 14.6 Å². The number of halogens is 1. The fraction of sp³-hybridized carbons (Fsp3) is 0.138. The summed E-state index contributed by atoms with van der Waals surface area (Å²) < 4.78 is 25.2. The largest absolute Gasteiger partial charge is 0.360 e. The zero-order chi connectivity index (χ0) is 27.6. The van der Waals surface area contributed by atoms with Gasteiger partial charge in [0.15, 0.2) is 9.84 Å². The fourth-order valence-electron chi connectivity index (χ4n) is 4.45. The standard InChI is InChI=1S/C29H25ClN4O4S/c1-39(37,38)27-13-18(4-6-20(27)14-21-3-2-9-32-28(21)35)11-23-15-22(8-10-31-23)29(36)34-16-19-5-7-26-24(12-19)25(30)17-33-26/h2-10,12-13,15,17,33H,11,14,16H2,1H3,(H,32,35)(H,34,36). The van der Waals surface area contributed by atoms with Crippen LogP contribution in [0, 0.1) is 0 Å². The number of nitrogens with zero attached hydrogens (tertiary/aromatic N) is 1. The molecule has 8 nitrogen and oxygen atoms in total. The molecule has 0 unspecified atom stereocenters. The Morgan fingerprint density at radius 2 is 1.79 bits per heavy atom. The summed E-state index contributed by atoms with van der Waals surface area (Å²) in [6.45, 7) is 0.331. The van der Waals surface area contributed by atoms with Crippen molar-refractivity contribution in [1.82, 2.24) is 20.3 Å². The van der Waals surface area contributed by atoms with E-state index >= 15 is 0 Å². The number of aromatic amines is 2. The molecule has 10 heteroatoms. The highest BCUT2D eigenvalue weighted by atomic mass is 35.5. The molecule has 0 saturated heterocycles. The number of H-pyrrole nitrogens is 2. The molecule has 0 aliphatic carbocycles. The molecule has 1 amide bonds. The van der Waals surface area contributed by atoms with Gasteiger partial charge in [-0.2, -0.15) is 0 Å². The number of carbonyl (C=O) groups excluding carboxylic acids is 1. The normalized spacial score (nSPS) is 11.5. The van der Waals surface area contributed by atoms with Crippen LogP contribution in [0.3, 0.4) is 0 Å². The lowest BCUT2D eigenvalue weighted by atomic mass is 10.0. The zero-order valence-electron chi connectivity index (χ0n) is 21.0. The van der Waals surface area contributed by atoms with Gasteiger partial charge in [-0.1, -0.05) is 35.9 Å². The average molecular weight is 561 g/mol. The van der Waals surface area contributed by atoms with Crippen LogP contribution in [-0.2, 0) is 29.2 Å². The van der Waals surface area contributed by atoms with Crippen LogP contribution in [0.4, 0.5) is 0 Å². The summed E-state index contributed by atoms with van der Waals surface area (Å²) in [6.07, 6.45) is 6.49. The van der Waals surface area contributed by atoms with E-state index in [1.54, 1.807) is 48.8 Å². The first-order valence-electron chi connectivity index (χ1n) is 12.1. The van der Waals surface area contributed by atoms with Gasteiger partial charge in [-0.15, -0.1) is 0 Å². The number of sulfone groups is 1. The Labute approximate surface area is 230 Å². The molecular formula is C29H25ClN4O4S. The lowest BCUT2D eigenvalue weighted by Crippen LogP contribution is -2.23. The van der Waals surface area contributed by atoms with Crippen molar-refractivity contribution in [3.8, 4) is 0 Å². The van der Waals surface area contributed by atoms with Crippen LogP contribution >= 0.6 is 11.6 Å². The first-order valence-corrected chi connectivity index (χ1v) is 14.4. The number of nitrogens with one attached hydrogen (secondary N) is 3. The Balaban J connectivity index is 1.32. The fourth-order valence-corrected chi connectivity index (χ4v) is 5.65. The van der Waals surface area contributed by atoms with Crippen LogP contribution in [0.2, 0.25) is 5.02 Å². The molecule has 0 atom stereocenters. The second-order valence-corrected chi connectivity index (χ2v) is 11.7. The molecule has 0 saturated carbocycles. The molecule has 3 aromatic heterocycles. The molecule has 0 fully saturated rings. The molecule has 0 aliphatic rings.